The minimum atomic E-state index is -0.664. The van der Waals surface area contributed by atoms with Gasteiger partial charge in [0.2, 0.25) is 17.6 Å². The molecule has 2 rings (SSSR count). The first kappa shape index (κ1) is 27.3. The molecule has 9 nitrogen and oxygen atoms in total. The predicted octanol–water partition coefficient (Wildman–Crippen LogP) is 3.59. The molecule has 1 atom stereocenters. The summed E-state index contributed by atoms with van der Waals surface area (Å²) in [6.45, 7) is 2.00. The number of nitrogens with two attached hydrogens (primary N) is 1. The van der Waals surface area contributed by atoms with E-state index >= 15 is 0 Å². The van der Waals surface area contributed by atoms with Gasteiger partial charge in [0.05, 0.1) is 33.8 Å². The van der Waals surface area contributed by atoms with Gasteiger partial charge in [-0.2, -0.15) is 0 Å². The van der Waals surface area contributed by atoms with Gasteiger partial charge in [-0.15, -0.1) is 0 Å². The van der Waals surface area contributed by atoms with Gasteiger partial charge in [0.15, 0.2) is 11.5 Å². The van der Waals surface area contributed by atoms with E-state index in [2.05, 4.69) is 12.2 Å². The number of imide groups is 1. The summed E-state index contributed by atoms with van der Waals surface area (Å²) in [7, 11) is 4.60. The fraction of sp³-hybridized carbons (Fsp3) is 0.640. The van der Waals surface area contributed by atoms with Gasteiger partial charge in [-0.25, -0.2) is 4.79 Å². The fourth-order valence-corrected chi connectivity index (χ4v) is 4.62. The van der Waals surface area contributed by atoms with E-state index in [1.165, 1.54) is 26.2 Å². The van der Waals surface area contributed by atoms with Crippen LogP contribution in [0.4, 0.5) is 4.79 Å². The summed E-state index contributed by atoms with van der Waals surface area (Å²) in [6.07, 6.45) is 7.47. The first-order chi connectivity index (χ1) is 16.4. The third-order valence-electron chi connectivity index (χ3n) is 6.34. The lowest BCUT2D eigenvalue weighted by molar-refractivity contribution is -0.131. The van der Waals surface area contributed by atoms with Crippen molar-refractivity contribution in [2.45, 2.75) is 64.2 Å². The Morgan fingerprint density at radius 2 is 1.65 bits per heavy atom. The largest absolute Gasteiger partial charge is 0.493 e. The smallest absolute Gasteiger partial charge is 0.324 e. The van der Waals surface area contributed by atoms with E-state index in [1.807, 2.05) is 0 Å². The van der Waals surface area contributed by atoms with Crippen molar-refractivity contribution in [2.24, 2.45) is 11.7 Å². The SMILES string of the molecule is CCCCCN(C(=O)NCC(N)=O)C(=O)C(c1cc(OC)c(OC)c(OC)c1)C1CCCCC1. The molecule has 1 saturated carbocycles. The van der Waals surface area contributed by atoms with Crippen LogP contribution in [0.15, 0.2) is 12.1 Å². The molecule has 0 saturated heterocycles. The fourth-order valence-electron chi connectivity index (χ4n) is 4.62. The molecular weight excluding hydrogens is 438 g/mol. The first-order valence-electron chi connectivity index (χ1n) is 12.0. The average molecular weight is 478 g/mol. The molecule has 34 heavy (non-hydrogen) atoms. The minimum Gasteiger partial charge on any atom is -0.493 e. The van der Waals surface area contributed by atoms with E-state index in [9.17, 15) is 14.4 Å². The third kappa shape index (κ3) is 7.01. The molecular formula is C25H39N3O6. The number of ether oxygens (including phenoxy) is 3. The van der Waals surface area contributed by atoms with Crippen molar-refractivity contribution in [3.8, 4) is 17.2 Å². The van der Waals surface area contributed by atoms with E-state index in [4.69, 9.17) is 19.9 Å². The highest BCUT2D eigenvalue weighted by atomic mass is 16.5. The van der Waals surface area contributed by atoms with Gasteiger partial charge in [0.1, 0.15) is 0 Å². The van der Waals surface area contributed by atoms with Crippen molar-refractivity contribution in [3.05, 3.63) is 17.7 Å². The van der Waals surface area contributed by atoms with Crippen LogP contribution >= 0.6 is 0 Å². The Morgan fingerprint density at radius 3 is 2.15 bits per heavy atom. The van der Waals surface area contributed by atoms with Crippen molar-refractivity contribution < 1.29 is 28.6 Å². The second-order valence-electron chi connectivity index (χ2n) is 8.66. The van der Waals surface area contributed by atoms with E-state index in [0.29, 0.717) is 23.7 Å². The Balaban J connectivity index is 2.51. The number of urea groups is 1. The normalized spacial score (nSPS) is 14.7. The molecule has 9 heteroatoms. The molecule has 1 aromatic rings. The van der Waals surface area contributed by atoms with Crippen LogP contribution < -0.4 is 25.3 Å². The van der Waals surface area contributed by atoms with Gasteiger partial charge >= 0.3 is 6.03 Å². The standard InChI is InChI=1S/C25H39N3O6/c1-5-6-10-13-28(25(31)27-16-21(26)29)24(30)22(17-11-8-7-9-12-17)18-14-19(32-2)23(34-4)20(15-18)33-3/h14-15,17,22H,5-13,16H2,1-4H3,(H2,26,29)(H,27,31). The highest BCUT2D eigenvalue weighted by Crippen LogP contribution is 2.44. The molecule has 0 bridgehead atoms. The second kappa shape index (κ2) is 13.7. The molecule has 1 aliphatic carbocycles. The van der Waals surface area contributed by atoms with E-state index in [1.54, 1.807) is 12.1 Å². The maximum atomic E-state index is 14.0. The van der Waals surface area contributed by atoms with Crippen LogP contribution in [0, 0.1) is 5.92 Å². The van der Waals surface area contributed by atoms with Gasteiger partial charge < -0.3 is 25.3 Å². The van der Waals surface area contributed by atoms with Gasteiger partial charge in [0.25, 0.3) is 0 Å². The number of carbonyl (C=O) groups excluding carboxylic acids is 3. The Kier molecular flexibility index (Phi) is 11.0. The highest BCUT2D eigenvalue weighted by molar-refractivity contribution is 5.99. The van der Waals surface area contributed by atoms with Gasteiger partial charge in [-0.05, 0) is 42.9 Å². The lowest BCUT2D eigenvalue weighted by Crippen LogP contribution is -2.49. The molecule has 1 aromatic carbocycles. The zero-order chi connectivity index (χ0) is 25.1. The van der Waals surface area contributed by atoms with E-state index in [-0.39, 0.29) is 24.9 Å². The van der Waals surface area contributed by atoms with Crippen molar-refractivity contribution in [1.82, 2.24) is 10.2 Å². The maximum Gasteiger partial charge on any atom is 0.324 e. The quantitative estimate of drug-likeness (QED) is 0.444. The number of unbranched alkanes of at least 4 members (excludes halogenated alkanes) is 2. The molecule has 1 aliphatic rings. The Morgan fingerprint density at radius 1 is 1.03 bits per heavy atom. The summed E-state index contributed by atoms with van der Waals surface area (Å²) in [5.41, 5.74) is 5.92. The number of hydrogen-bond donors (Lipinski definition) is 2. The number of nitrogens with zero attached hydrogens (tertiary/aromatic N) is 1. The molecule has 0 heterocycles. The molecule has 3 N–H and O–H groups in total. The van der Waals surface area contributed by atoms with Crippen LogP contribution in [-0.2, 0) is 9.59 Å². The summed E-state index contributed by atoms with van der Waals surface area (Å²) in [4.78, 5) is 39.4. The number of hydrogen-bond acceptors (Lipinski definition) is 6. The van der Waals surface area contributed by atoms with Crippen LogP contribution in [0.2, 0.25) is 0 Å². The summed E-state index contributed by atoms with van der Waals surface area (Å²) >= 11 is 0. The van der Waals surface area contributed by atoms with E-state index in [0.717, 1.165) is 50.5 Å². The van der Waals surface area contributed by atoms with Crippen LogP contribution in [-0.4, -0.2) is 57.2 Å². The topological polar surface area (TPSA) is 120 Å². The maximum absolute atomic E-state index is 14.0. The number of nitrogens with one attached hydrogen (secondary N) is 1. The molecule has 0 aromatic heterocycles. The second-order valence-corrected chi connectivity index (χ2v) is 8.66. The van der Waals surface area contributed by atoms with Crippen molar-refractivity contribution in [3.63, 3.8) is 0 Å². The van der Waals surface area contributed by atoms with Crippen molar-refractivity contribution in [2.75, 3.05) is 34.4 Å². The Hall–Kier alpha value is -2.97. The molecule has 1 unspecified atom stereocenters. The van der Waals surface area contributed by atoms with Crippen LogP contribution in [0.3, 0.4) is 0 Å². The van der Waals surface area contributed by atoms with Crippen molar-refractivity contribution in [1.29, 1.82) is 0 Å². The molecule has 1 fully saturated rings. The lowest BCUT2D eigenvalue weighted by atomic mass is 9.76. The van der Waals surface area contributed by atoms with Gasteiger partial charge in [-0.1, -0.05) is 39.0 Å². The number of primary amides is 1. The third-order valence-corrected chi connectivity index (χ3v) is 6.34. The number of rotatable bonds is 12. The number of carbonyl (C=O) groups is 3. The van der Waals surface area contributed by atoms with Gasteiger partial charge in [0, 0.05) is 6.54 Å². The van der Waals surface area contributed by atoms with Crippen LogP contribution in [0.1, 0.15) is 69.8 Å². The van der Waals surface area contributed by atoms with E-state index < -0.39 is 17.9 Å². The predicted molar refractivity (Wildman–Crippen MR) is 129 cm³/mol. The number of amides is 4. The monoisotopic (exact) mass is 477 g/mol. The zero-order valence-electron chi connectivity index (χ0n) is 20.9. The lowest BCUT2D eigenvalue weighted by Gasteiger charge is -2.33. The Bertz CT molecular complexity index is 813. The number of benzene rings is 1. The molecule has 0 aliphatic heterocycles. The summed E-state index contributed by atoms with van der Waals surface area (Å²) in [5, 5.41) is 2.48. The zero-order valence-corrected chi connectivity index (χ0v) is 20.9. The summed E-state index contributed by atoms with van der Waals surface area (Å²) in [5.74, 6) is -0.0800. The van der Waals surface area contributed by atoms with Crippen molar-refractivity contribution >= 4 is 17.8 Å². The average Bonchev–Trinajstić information content (AvgIpc) is 2.85. The van der Waals surface area contributed by atoms with Crippen LogP contribution in [0.5, 0.6) is 17.2 Å². The van der Waals surface area contributed by atoms with Gasteiger partial charge in [-0.3, -0.25) is 14.5 Å². The number of methoxy groups -OCH3 is 3. The molecule has 0 radical (unpaired) electrons. The summed E-state index contributed by atoms with van der Waals surface area (Å²) in [6, 6.07) is 2.99. The molecule has 4 amide bonds. The first-order valence-corrected chi connectivity index (χ1v) is 12.0. The Labute approximate surface area is 202 Å². The summed E-state index contributed by atoms with van der Waals surface area (Å²) < 4.78 is 16.5. The minimum absolute atomic E-state index is 0.0710. The molecule has 190 valence electrons. The van der Waals surface area contributed by atoms with Crippen LogP contribution in [0.25, 0.3) is 0 Å². The highest BCUT2D eigenvalue weighted by Gasteiger charge is 2.37. The molecule has 0 spiro atoms.